The zero-order valence-corrected chi connectivity index (χ0v) is 12.3. The summed E-state index contributed by atoms with van der Waals surface area (Å²) in [5, 5.41) is 0.430. The molecule has 0 bridgehead atoms. The minimum absolute atomic E-state index is 0.0840. The fourth-order valence-corrected chi connectivity index (χ4v) is 3.58. The first-order valence-corrected chi connectivity index (χ1v) is 8.52. The SMILES string of the molecule is Nc1nc2c(s1)CCc1ccc(OP(=O)(O)C(F)F)cc1-2. The first-order valence-electron chi connectivity index (χ1n) is 6.05. The number of nitrogens with two attached hydrogens (primary N) is 1. The molecule has 0 radical (unpaired) electrons. The van der Waals surface area contributed by atoms with E-state index in [1.54, 1.807) is 6.07 Å². The smallest absolute Gasteiger partial charge is 0.421 e. The number of nitrogens with zero attached hydrogens (tertiary/aromatic N) is 1. The van der Waals surface area contributed by atoms with E-state index in [0.717, 1.165) is 23.3 Å². The van der Waals surface area contributed by atoms with E-state index in [1.807, 2.05) is 0 Å². The highest BCUT2D eigenvalue weighted by atomic mass is 32.1. The number of rotatable bonds is 3. The monoisotopic (exact) mass is 332 g/mol. The number of hydrogen-bond acceptors (Lipinski definition) is 5. The predicted octanol–water partition coefficient (Wildman–Crippen LogP) is 3.28. The van der Waals surface area contributed by atoms with E-state index >= 15 is 0 Å². The number of halogens is 2. The molecule has 0 fully saturated rings. The Morgan fingerprint density at radius 1 is 1.43 bits per heavy atom. The van der Waals surface area contributed by atoms with Crippen LogP contribution in [0.1, 0.15) is 10.4 Å². The molecule has 1 aliphatic rings. The van der Waals surface area contributed by atoms with Crippen molar-refractivity contribution in [3.05, 3.63) is 28.6 Å². The lowest BCUT2D eigenvalue weighted by molar-refractivity contribution is 0.188. The normalized spacial score (nSPS) is 16.2. The van der Waals surface area contributed by atoms with Crippen molar-refractivity contribution in [3.63, 3.8) is 0 Å². The molecule has 112 valence electrons. The molecule has 0 aliphatic heterocycles. The molecule has 5 nitrogen and oxygen atoms in total. The van der Waals surface area contributed by atoms with Crippen molar-refractivity contribution in [3.8, 4) is 17.0 Å². The molecule has 9 heteroatoms. The van der Waals surface area contributed by atoms with Gasteiger partial charge in [-0.3, -0.25) is 0 Å². The first-order chi connectivity index (χ1) is 9.87. The number of fused-ring (bicyclic) bond motifs is 3. The first kappa shape index (κ1) is 14.4. The summed E-state index contributed by atoms with van der Waals surface area (Å²) in [5.74, 6) is -0.0840. The second-order valence-corrected chi connectivity index (χ2v) is 7.39. The molecule has 21 heavy (non-hydrogen) atoms. The lowest BCUT2D eigenvalue weighted by Gasteiger charge is -2.17. The van der Waals surface area contributed by atoms with Crippen LogP contribution in [0.15, 0.2) is 18.2 Å². The molecule has 1 aliphatic carbocycles. The van der Waals surface area contributed by atoms with E-state index in [0.29, 0.717) is 16.4 Å². The van der Waals surface area contributed by atoms with Crippen LogP contribution in [0, 0.1) is 0 Å². The number of anilines is 1. The molecule has 0 spiro atoms. The molecular formula is C12H11F2N2O3PS. The Kier molecular flexibility index (Phi) is 3.47. The standard InChI is InChI=1S/C12H11F2N2O3PS/c13-11(14)20(17,18)19-7-3-1-6-2-4-9-10(8(6)5-7)16-12(15)21-9/h1,3,5,11H,2,4H2,(H2,15,16)(H,17,18). The highest BCUT2D eigenvalue weighted by Crippen LogP contribution is 2.50. The third-order valence-electron chi connectivity index (χ3n) is 3.15. The number of hydrogen-bond donors (Lipinski definition) is 2. The van der Waals surface area contributed by atoms with Gasteiger partial charge in [-0.1, -0.05) is 6.07 Å². The fourth-order valence-electron chi connectivity index (χ4n) is 2.24. The van der Waals surface area contributed by atoms with Crippen LogP contribution in [0.2, 0.25) is 0 Å². The third kappa shape index (κ3) is 2.66. The molecule has 0 saturated heterocycles. The number of alkyl halides is 2. The summed E-state index contributed by atoms with van der Waals surface area (Å²) in [7, 11) is -4.98. The molecule has 3 rings (SSSR count). The van der Waals surface area contributed by atoms with Crippen LogP contribution >= 0.6 is 18.9 Å². The maximum atomic E-state index is 12.4. The lowest BCUT2D eigenvalue weighted by atomic mass is 9.93. The van der Waals surface area contributed by atoms with Crippen LogP contribution in [0.3, 0.4) is 0 Å². The van der Waals surface area contributed by atoms with Gasteiger partial charge in [-0.05, 0) is 30.5 Å². The fraction of sp³-hybridized carbons (Fsp3) is 0.250. The third-order valence-corrected chi connectivity index (χ3v) is 5.06. The lowest BCUT2D eigenvalue weighted by Crippen LogP contribution is -2.04. The maximum absolute atomic E-state index is 12.4. The topological polar surface area (TPSA) is 85.4 Å². The Morgan fingerprint density at radius 2 is 2.19 bits per heavy atom. The highest BCUT2D eigenvalue weighted by Gasteiger charge is 2.34. The van der Waals surface area contributed by atoms with E-state index < -0.39 is 13.8 Å². The minimum Gasteiger partial charge on any atom is -0.421 e. The highest BCUT2D eigenvalue weighted by molar-refractivity contribution is 7.53. The van der Waals surface area contributed by atoms with Crippen LogP contribution in [0.4, 0.5) is 13.9 Å². The van der Waals surface area contributed by atoms with Gasteiger partial charge in [-0.15, -0.1) is 11.3 Å². The van der Waals surface area contributed by atoms with Gasteiger partial charge in [0.2, 0.25) is 0 Å². The zero-order valence-electron chi connectivity index (χ0n) is 10.6. The number of aryl methyl sites for hydroxylation is 2. The van der Waals surface area contributed by atoms with Gasteiger partial charge in [0.1, 0.15) is 5.75 Å². The van der Waals surface area contributed by atoms with E-state index in [-0.39, 0.29) is 5.75 Å². The molecule has 1 atom stereocenters. The van der Waals surface area contributed by atoms with Gasteiger partial charge in [0.25, 0.3) is 0 Å². The van der Waals surface area contributed by atoms with Crippen molar-refractivity contribution in [2.24, 2.45) is 0 Å². The number of benzene rings is 1. The van der Waals surface area contributed by atoms with Crippen molar-refractivity contribution in [1.29, 1.82) is 0 Å². The van der Waals surface area contributed by atoms with Crippen molar-refractivity contribution < 1.29 is 22.8 Å². The van der Waals surface area contributed by atoms with Gasteiger partial charge in [-0.2, -0.15) is 8.78 Å². The molecule has 2 aromatic rings. The van der Waals surface area contributed by atoms with Gasteiger partial charge < -0.3 is 15.2 Å². The Bertz CT molecular complexity index is 750. The summed E-state index contributed by atoms with van der Waals surface area (Å²) in [6.45, 7) is 0. The average Bonchev–Trinajstić information content (AvgIpc) is 2.79. The summed E-state index contributed by atoms with van der Waals surface area (Å²) in [4.78, 5) is 14.3. The number of aromatic nitrogens is 1. The molecule has 1 unspecified atom stereocenters. The van der Waals surface area contributed by atoms with Gasteiger partial charge >= 0.3 is 13.8 Å². The predicted molar refractivity (Wildman–Crippen MR) is 75.8 cm³/mol. The Balaban J connectivity index is 2.00. The molecular weight excluding hydrogens is 321 g/mol. The van der Waals surface area contributed by atoms with E-state index in [4.69, 9.17) is 10.6 Å². The van der Waals surface area contributed by atoms with Crippen molar-refractivity contribution in [2.45, 2.75) is 19.0 Å². The summed E-state index contributed by atoms with van der Waals surface area (Å²) in [5.41, 5.74) is 8.06. The van der Waals surface area contributed by atoms with Crippen molar-refractivity contribution in [2.75, 3.05) is 5.73 Å². The maximum Gasteiger partial charge on any atom is 0.442 e. The van der Waals surface area contributed by atoms with Gasteiger partial charge in [-0.25, -0.2) is 9.55 Å². The number of thiazole rings is 1. The molecule has 1 aromatic heterocycles. The van der Waals surface area contributed by atoms with Crippen LogP contribution in [-0.2, 0) is 17.4 Å². The van der Waals surface area contributed by atoms with Gasteiger partial charge in [0, 0.05) is 10.4 Å². The van der Waals surface area contributed by atoms with E-state index in [9.17, 15) is 13.3 Å². The number of nitrogen functional groups attached to an aromatic ring is 1. The summed E-state index contributed by atoms with van der Waals surface area (Å²) in [6, 6.07) is 4.55. The largest absolute Gasteiger partial charge is 0.442 e. The Morgan fingerprint density at radius 3 is 2.90 bits per heavy atom. The van der Waals surface area contributed by atoms with Crippen LogP contribution in [-0.4, -0.2) is 16.0 Å². The zero-order chi connectivity index (χ0) is 15.2. The molecule has 1 heterocycles. The molecule has 1 aromatic carbocycles. The van der Waals surface area contributed by atoms with Crippen LogP contribution in [0.25, 0.3) is 11.3 Å². The Hall–Kier alpha value is -1.50. The molecule has 3 N–H and O–H groups in total. The van der Waals surface area contributed by atoms with Crippen molar-refractivity contribution in [1.82, 2.24) is 4.98 Å². The quantitative estimate of drug-likeness (QED) is 0.843. The van der Waals surface area contributed by atoms with Crippen LogP contribution in [0.5, 0.6) is 5.75 Å². The second kappa shape index (κ2) is 5.05. The Labute approximate surface area is 122 Å². The average molecular weight is 332 g/mol. The second-order valence-electron chi connectivity index (χ2n) is 4.58. The summed E-state index contributed by atoms with van der Waals surface area (Å²) >= 11 is 1.38. The molecule has 0 saturated carbocycles. The van der Waals surface area contributed by atoms with E-state index in [1.165, 1.54) is 23.5 Å². The summed E-state index contributed by atoms with van der Waals surface area (Å²) in [6.07, 6.45) is -1.86. The van der Waals surface area contributed by atoms with Gasteiger partial charge in [0.15, 0.2) is 5.13 Å². The summed E-state index contributed by atoms with van der Waals surface area (Å²) < 4.78 is 40.6. The van der Waals surface area contributed by atoms with E-state index in [2.05, 4.69) is 9.51 Å². The molecule has 0 amide bonds. The minimum atomic E-state index is -4.98. The van der Waals surface area contributed by atoms with Gasteiger partial charge in [0.05, 0.1) is 5.69 Å². The van der Waals surface area contributed by atoms with Crippen LogP contribution < -0.4 is 10.3 Å². The van der Waals surface area contributed by atoms with Crippen molar-refractivity contribution >= 4 is 24.1 Å².